The number of imidazole rings is 1. The number of benzene rings is 1. The smallest absolute Gasteiger partial charge is 0.347 e. The van der Waals surface area contributed by atoms with Crippen molar-refractivity contribution in [2.45, 2.75) is 26.1 Å². The summed E-state index contributed by atoms with van der Waals surface area (Å²) in [4.78, 5) is 16.9. The number of fused-ring (bicyclic) bond motifs is 1. The molecule has 0 radical (unpaired) electrons. The zero-order chi connectivity index (χ0) is 18.9. The molecule has 0 aliphatic carbocycles. The molecule has 26 heavy (non-hydrogen) atoms. The number of nitrogens with zero attached hydrogens (tertiary/aromatic N) is 2. The monoisotopic (exact) mass is 381 g/mol. The van der Waals surface area contributed by atoms with Crippen LogP contribution in [0, 0.1) is 0 Å². The van der Waals surface area contributed by atoms with E-state index in [1.807, 2.05) is 0 Å². The van der Waals surface area contributed by atoms with Gasteiger partial charge in [0, 0.05) is 17.8 Å². The zero-order valence-corrected chi connectivity index (χ0v) is 14.5. The first-order valence-corrected chi connectivity index (χ1v) is 8.28. The minimum atomic E-state index is -4.50. The highest BCUT2D eigenvalue weighted by Crippen LogP contribution is 2.30. The maximum absolute atomic E-state index is 13.0. The average Bonchev–Trinajstić information content (AvgIpc) is 2.98. The number of rotatable bonds is 4. The van der Waals surface area contributed by atoms with Gasteiger partial charge >= 0.3 is 6.18 Å². The van der Waals surface area contributed by atoms with Crippen molar-refractivity contribution >= 4 is 23.2 Å². The topological polar surface area (TPSA) is 46.4 Å². The molecule has 0 aliphatic heterocycles. The highest BCUT2D eigenvalue weighted by Gasteiger charge is 2.31. The Morgan fingerprint density at radius 3 is 2.50 bits per heavy atom. The number of nitrogens with one attached hydrogen (secondary N) is 1. The molecule has 0 spiro atoms. The summed E-state index contributed by atoms with van der Waals surface area (Å²) in [6.45, 7) is 2.02. The predicted octanol–water partition coefficient (Wildman–Crippen LogP) is 4.50. The molecule has 1 N–H and O–H groups in total. The van der Waals surface area contributed by atoms with Crippen molar-refractivity contribution in [3.63, 3.8) is 0 Å². The molecule has 2 aromatic heterocycles. The Kier molecular flexibility index (Phi) is 4.91. The number of aromatic nitrogens is 2. The van der Waals surface area contributed by atoms with Gasteiger partial charge in [0.2, 0.25) is 0 Å². The van der Waals surface area contributed by atoms with Gasteiger partial charge in [-0.1, -0.05) is 30.7 Å². The molecular weight excluding hydrogens is 367 g/mol. The Bertz CT molecular complexity index is 949. The Labute approximate surface area is 152 Å². The van der Waals surface area contributed by atoms with Gasteiger partial charge in [-0.3, -0.25) is 9.20 Å². The van der Waals surface area contributed by atoms with E-state index in [2.05, 4.69) is 10.3 Å². The summed E-state index contributed by atoms with van der Waals surface area (Å²) in [6, 6.07) is 9.14. The molecule has 0 bridgehead atoms. The molecule has 0 unspecified atom stereocenters. The molecule has 0 fully saturated rings. The Morgan fingerprint density at radius 1 is 1.19 bits per heavy atom. The van der Waals surface area contributed by atoms with E-state index in [1.165, 1.54) is 10.5 Å². The number of amides is 1. The van der Waals surface area contributed by atoms with E-state index in [0.29, 0.717) is 22.8 Å². The summed E-state index contributed by atoms with van der Waals surface area (Å²) in [7, 11) is 0. The van der Waals surface area contributed by atoms with Crippen LogP contribution >= 0.6 is 11.6 Å². The SMILES string of the molecule is CCc1nc2ccc(C(F)(F)F)cn2c1C(=O)NCc1ccc(Cl)cc1. The number of hydrogen-bond donors (Lipinski definition) is 1. The second-order valence-corrected chi connectivity index (χ2v) is 6.15. The number of aryl methyl sites for hydroxylation is 1. The number of halogens is 4. The molecule has 8 heteroatoms. The number of pyridine rings is 1. The lowest BCUT2D eigenvalue weighted by atomic mass is 10.2. The molecule has 0 saturated carbocycles. The molecule has 0 saturated heterocycles. The third kappa shape index (κ3) is 3.67. The van der Waals surface area contributed by atoms with Gasteiger partial charge in [-0.25, -0.2) is 4.98 Å². The van der Waals surface area contributed by atoms with Crippen LogP contribution in [0.1, 0.15) is 34.2 Å². The third-order valence-corrected chi connectivity index (χ3v) is 4.19. The molecule has 1 amide bonds. The van der Waals surface area contributed by atoms with E-state index in [0.717, 1.165) is 17.8 Å². The van der Waals surface area contributed by atoms with Crippen LogP contribution < -0.4 is 5.32 Å². The maximum Gasteiger partial charge on any atom is 0.417 e. The number of hydrogen-bond acceptors (Lipinski definition) is 2. The third-order valence-electron chi connectivity index (χ3n) is 3.93. The number of carbonyl (C=O) groups excluding carboxylic acids is 1. The quantitative estimate of drug-likeness (QED) is 0.723. The summed E-state index contributed by atoms with van der Waals surface area (Å²) < 4.78 is 40.2. The van der Waals surface area contributed by atoms with Gasteiger partial charge in [0.25, 0.3) is 5.91 Å². The Balaban J connectivity index is 1.93. The fourth-order valence-electron chi connectivity index (χ4n) is 2.62. The summed E-state index contributed by atoms with van der Waals surface area (Å²) in [6.07, 6.45) is -3.17. The highest BCUT2D eigenvalue weighted by molar-refractivity contribution is 6.30. The van der Waals surface area contributed by atoms with E-state index in [4.69, 9.17) is 11.6 Å². The van der Waals surface area contributed by atoms with Crippen LogP contribution in [0.15, 0.2) is 42.6 Å². The second kappa shape index (κ2) is 6.99. The molecule has 2 heterocycles. The van der Waals surface area contributed by atoms with E-state index in [-0.39, 0.29) is 12.2 Å². The first kappa shape index (κ1) is 18.3. The van der Waals surface area contributed by atoms with Crippen LogP contribution in [-0.4, -0.2) is 15.3 Å². The molecule has 1 aromatic carbocycles. The van der Waals surface area contributed by atoms with Crippen molar-refractivity contribution in [1.29, 1.82) is 0 Å². The fourth-order valence-corrected chi connectivity index (χ4v) is 2.74. The van der Waals surface area contributed by atoms with Crippen LogP contribution in [0.3, 0.4) is 0 Å². The lowest BCUT2D eigenvalue weighted by Gasteiger charge is -2.09. The van der Waals surface area contributed by atoms with Crippen molar-refractivity contribution in [1.82, 2.24) is 14.7 Å². The standard InChI is InChI=1S/C18H15ClF3N3O/c1-2-14-16(17(26)23-9-11-3-6-13(19)7-4-11)25-10-12(18(20,21)22)5-8-15(25)24-14/h3-8,10H,2,9H2,1H3,(H,23,26). The molecule has 136 valence electrons. The molecule has 0 aliphatic rings. The predicted molar refractivity (Wildman–Crippen MR) is 92.2 cm³/mol. The summed E-state index contributed by atoms with van der Waals surface area (Å²) in [5, 5.41) is 3.30. The zero-order valence-electron chi connectivity index (χ0n) is 13.8. The fraction of sp³-hybridized carbons (Fsp3) is 0.222. The van der Waals surface area contributed by atoms with Crippen molar-refractivity contribution in [2.75, 3.05) is 0 Å². The number of carbonyl (C=O) groups is 1. The van der Waals surface area contributed by atoms with Crippen LogP contribution in [0.2, 0.25) is 5.02 Å². The minimum Gasteiger partial charge on any atom is -0.347 e. The van der Waals surface area contributed by atoms with Crippen molar-refractivity contribution < 1.29 is 18.0 Å². The van der Waals surface area contributed by atoms with Crippen LogP contribution in [-0.2, 0) is 19.1 Å². The normalized spacial score (nSPS) is 11.7. The van der Waals surface area contributed by atoms with Gasteiger partial charge in [0.05, 0.1) is 11.3 Å². The molecule has 0 atom stereocenters. The van der Waals surface area contributed by atoms with Crippen molar-refractivity contribution in [3.8, 4) is 0 Å². The van der Waals surface area contributed by atoms with E-state index >= 15 is 0 Å². The van der Waals surface area contributed by atoms with Gasteiger partial charge in [-0.15, -0.1) is 0 Å². The first-order valence-electron chi connectivity index (χ1n) is 7.90. The van der Waals surface area contributed by atoms with Gasteiger partial charge in [-0.2, -0.15) is 13.2 Å². The van der Waals surface area contributed by atoms with Crippen LogP contribution in [0.5, 0.6) is 0 Å². The lowest BCUT2D eigenvalue weighted by Crippen LogP contribution is -2.25. The molecule has 3 aromatic rings. The van der Waals surface area contributed by atoms with E-state index in [9.17, 15) is 18.0 Å². The van der Waals surface area contributed by atoms with Crippen molar-refractivity contribution in [3.05, 3.63) is 70.1 Å². The van der Waals surface area contributed by atoms with Crippen LogP contribution in [0.4, 0.5) is 13.2 Å². The number of alkyl halides is 3. The van der Waals surface area contributed by atoms with Crippen molar-refractivity contribution in [2.24, 2.45) is 0 Å². The Hall–Kier alpha value is -2.54. The minimum absolute atomic E-state index is 0.113. The highest BCUT2D eigenvalue weighted by atomic mass is 35.5. The van der Waals surface area contributed by atoms with Crippen LogP contribution in [0.25, 0.3) is 5.65 Å². The molecular formula is C18H15ClF3N3O. The summed E-state index contributed by atoms with van der Waals surface area (Å²) in [5.74, 6) is -0.483. The van der Waals surface area contributed by atoms with Gasteiger partial charge in [0.1, 0.15) is 11.3 Å². The molecule has 4 nitrogen and oxygen atoms in total. The van der Waals surface area contributed by atoms with E-state index < -0.39 is 17.6 Å². The maximum atomic E-state index is 13.0. The molecule has 3 rings (SSSR count). The second-order valence-electron chi connectivity index (χ2n) is 5.71. The lowest BCUT2D eigenvalue weighted by molar-refractivity contribution is -0.137. The van der Waals surface area contributed by atoms with Gasteiger partial charge < -0.3 is 5.32 Å². The Morgan fingerprint density at radius 2 is 1.88 bits per heavy atom. The summed E-state index contributed by atoms with van der Waals surface area (Å²) in [5.41, 5.74) is 0.842. The van der Waals surface area contributed by atoms with Gasteiger partial charge in [-0.05, 0) is 36.2 Å². The summed E-state index contributed by atoms with van der Waals surface area (Å²) >= 11 is 5.82. The van der Waals surface area contributed by atoms with Gasteiger partial charge in [0.15, 0.2) is 0 Å². The first-order chi connectivity index (χ1) is 12.3. The average molecular weight is 382 g/mol. The largest absolute Gasteiger partial charge is 0.417 e. The van der Waals surface area contributed by atoms with E-state index in [1.54, 1.807) is 31.2 Å².